The fraction of sp³-hybridized carbons (Fsp3) is 0.500. The molecule has 1 aromatic rings. The van der Waals surface area contributed by atoms with E-state index in [0.717, 1.165) is 19.3 Å². The highest BCUT2D eigenvalue weighted by Gasteiger charge is 2.40. The molecule has 0 spiro atoms. The van der Waals surface area contributed by atoms with Gasteiger partial charge in [-0.25, -0.2) is 9.59 Å². The number of rotatable bonds is 3. The van der Waals surface area contributed by atoms with E-state index in [1.54, 1.807) is 11.4 Å². The van der Waals surface area contributed by atoms with Gasteiger partial charge in [-0.05, 0) is 24.3 Å². The maximum absolute atomic E-state index is 11.8. The van der Waals surface area contributed by atoms with Crippen LogP contribution in [-0.2, 0) is 4.79 Å². The van der Waals surface area contributed by atoms with Crippen molar-refractivity contribution in [1.29, 1.82) is 0 Å². The van der Waals surface area contributed by atoms with Gasteiger partial charge < -0.3 is 15.7 Å². The first-order valence-corrected chi connectivity index (χ1v) is 6.91. The van der Waals surface area contributed by atoms with Gasteiger partial charge in [0, 0.05) is 5.38 Å². The number of hydrogen-bond acceptors (Lipinski definition) is 3. The maximum Gasteiger partial charge on any atom is 0.329 e. The molecule has 0 radical (unpaired) electrons. The van der Waals surface area contributed by atoms with Crippen LogP contribution in [0.15, 0.2) is 16.8 Å². The van der Waals surface area contributed by atoms with Crippen molar-refractivity contribution in [2.45, 2.75) is 37.6 Å². The number of thiophene rings is 1. The third-order valence-electron chi connectivity index (χ3n) is 3.25. The van der Waals surface area contributed by atoms with Crippen molar-refractivity contribution in [3.8, 4) is 0 Å². The van der Waals surface area contributed by atoms with Crippen molar-refractivity contribution in [2.75, 3.05) is 5.32 Å². The van der Waals surface area contributed by atoms with Crippen LogP contribution < -0.4 is 10.6 Å². The number of aliphatic carboxylic acids is 1. The van der Waals surface area contributed by atoms with Crippen LogP contribution in [0.5, 0.6) is 0 Å². The number of hydrogen-bond donors (Lipinski definition) is 3. The first-order chi connectivity index (χ1) is 8.62. The van der Waals surface area contributed by atoms with E-state index in [1.807, 2.05) is 5.38 Å². The Kier molecular flexibility index (Phi) is 3.86. The normalized spacial score (nSPS) is 18.0. The molecule has 1 aliphatic carbocycles. The molecule has 3 N–H and O–H groups in total. The number of carbonyl (C=O) groups excluding carboxylic acids is 1. The molecule has 1 heterocycles. The van der Waals surface area contributed by atoms with E-state index in [1.165, 1.54) is 11.3 Å². The Balaban J connectivity index is 2.00. The Hall–Kier alpha value is -1.56. The molecule has 18 heavy (non-hydrogen) atoms. The summed E-state index contributed by atoms with van der Waals surface area (Å²) in [5.41, 5.74) is -0.410. The highest BCUT2D eigenvalue weighted by Crippen LogP contribution is 2.28. The van der Waals surface area contributed by atoms with Crippen LogP contribution in [0.3, 0.4) is 0 Å². The standard InChI is InChI=1S/C12H16N2O3S/c15-10(16)12(5-2-1-3-6-12)14-11(17)13-9-4-7-18-8-9/h4,7-8H,1-3,5-6H2,(H,15,16)(H2,13,14,17). The minimum atomic E-state index is -1.10. The third-order valence-corrected chi connectivity index (χ3v) is 3.93. The first-order valence-electron chi connectivity index (χ1n) is 5.97. The van der Waals surface area contributed by atoms with Crippen molar-refractivity contribution in [3.05, 3.63) is 16.8 Å². The molecule has 1 aromatic heterocycles. The van der Waals surface area contributed by atoms with Crippen LogP contribution in [0, 0.1) is 0 Å². The molecule has 0 bridgehead atoms. The molecule has 2 rings (SSSR count). The summed E-state index contributed by atoms with van der Waals surface area (Å²) in [5.74, 6) is -0.942. The third kappa shape index (κ3) is 2.81. The van der Waals surface area contributed by atoms with E-state index in [-0.39, 0.29) is 0 Å². The van der Waals surface area contributed by atoms with Gasteiger partial charge in [0.05, 0.1) is 5.69 Å². The molecular weight excluding hydrogens is 252 g/mol. The zero-order valence-electron chi connectivity index (χ0n) is 9.94. The number of carboxylic acids is 1. The molecule has 1 fully saturated rings. The molecule has 0 aromatic carbocycles. The fourth-order valence-corrected chi connectivity index (χ4v) is 2.85. The molecule has 0 atom stereocenters. The molecule has 0 aliphatic heterocycles. The molecule has 5 nitrogen and oxygen atoms in total. The Labute approximate surface area is 109 Å². The van der Waals surface area contributed by atoms with Gasteiger partial charge in [-0.15, -0.1) is 0 Å². The van der Waals surface area contributed by atoms with Crippen LogP contribution in [0.25, 0.3) is 0 Å². The Morgan fingerprint density at radius 1 is 1.28 bits per heavy atom. The van der Waals surface area contributed by atoms with E-state index in [9.17, 15) is 14.7 Å². The largest absolute Gasteiger partial charge is 0.480 e. The van der Waals surface area contributed by atoms with Crippen LogP contribution in [0.1, 0.15) is 32.1 Å². The number of amides is 2. The van der Waals surface area contributed by atoms with Crippen LogP contribution in [0.2, 0.25) is 0 Å². The lowest BCUT2D eigenvalue weighted by Gasteiger charge is -2.33. The average Bonchev–Trinajstić information content (AvgIpc) is 2.82. The topological polar surface area (TPSA) is 78.4 Å². The van der Waals surface area contributed by atoms with Crippen LogP contribution >= 0.6 is 11.3 Å². The highest BCUT2D eigenvalue weighted by atomic mass is 32.1. The SMILES string of the molecule is O=C(Nc1ccsc1)NC1(C(=O)O)CCCCC1. The van der Waals surface area contributed by atoms with Gasteiger partial charge in [-0.2, -0.15) is 11.3 Å². The van der Waals surface area contributed by atoms with Crippen molar-refractivity contribution in [3.63, 3.8) is 0 Å². The van der Waals surface area contributed by atoms with Crippen molar-refractivity contribution in [2.24, 2.45) is 0 Å². The van der Waals surface area contributed by atoms with Gasteiger partial charge in [0.25, 0.3) is 0 Å². The molecular formula is C12H16N2O3S. The predicted octanol–water partition coefficient (Wildman–Crippen LogP) is 2.66. The van der Waals surface area contributed by atoms with E-state index in [2.05, 4.69) is 10.6 Å². The van der Waals surface area contributed by atoms with Crippen LogP contribution in [0.4, 0.5) is 10.5 Å². The number of carboxylic acid groups (broad SMARTS) is 1. The molecule has 0 unspecified atom stereocenters. The highest BCUT2D eigenvalue weighted by molar-refractivity contribution is 7.08. The summed E-state index contributed by atoms with van der Waals surface area (Å²) in [6, 6.07) is 1.33. The monoisotopic (exact) mass is 268 g/mol. The summed E-state index contributed by atoms with van der Waals surface area (Å²) in [6.07, 6.45) is 3.71. The number of urea groups is 1. The second-order valence-corrected chi connectivity index (χ2v) is 5.32. The zero-order valence-corrected chi connectivity index (χ0v) is 10.8. The summed E-state index contributed by atoms with van der Waals surface area (Å²) in [5, 5.41) is 18.2. The van der Waals surface area contributed by atoms with Crippen molar-refractivity contribution < 1.29 is 14.7 Å². The number of anilines is 1. The first kappa shape index (κ1) is 12.9. The summed E-state index contributed by atoms with van der Waals surface area (Å²) < 4.78 is 0. The van der Waals surface area contributed by atoms with Gasteiger partial charge >= 0.3 is 12.0 Å². The van der Waals surface area contributed by atoms with Crippen molar-refractivity contribution >= 4 is 29.0 Å². The second-order valence-electron chi connectivity index (χ2n) is 4.54. The molecule has 0 saturated heterocycles. The van der Waals surface area contributed by atoms with Crippen LogP contribution in [-0.4, -0.2) is 22.6 Å². The quantitative estimate of drug-likeness (QED) is 0.788. The van der Waals surface area contributed by atoms with E-state index in [4.69, 9.17) is 0 Å². The summed E-state index contributed by atoms with van der Waals surface area (Å²) in [7, 11) is 0. The zero-order chi connectivity index (χ0) is 13.0. The number of nitrogens with one attached hydrogen (secondary N) is 2. The molecule has 6 heteroatoms. The van der Waals surface area contributed by atoms with E-state index >= 15 is 0 Å². The fourth-order valence-electron chi connectivity index (χ4n) is 2.26. The predicted molar refractivity (Wildman–Crippen MR) is 69.9 cm³/mol. The lowest BCUT2D eigenvalue weighted by Crippen LogP contribution is -2.56. The molecule has 1 aliphatic rings. The van der Waals surface area contributed by atoms with E-state index < -0.39 is 17.5 Å². The van der Waals surface area contributed by atoms with E-state index in [0.29, 0.717) is 18.5 Å². The molecule has 1 saturated carbocycles. The van der Waals surface area contributed by atoms with Gasteiger partial charge in [0.2, 0.25) is 0 Å². The van der Waals surface area contributed by atoms with Gasteiger partial charge in [-0.3, -0.25) is 0 Å². The van der Waals surface area contributed by atoms with Gasteiger partial charge in [0.1, 0.15) is 5.54 Å². The molecule has 98 valence electrons. The van der Waals surface area contributed by atoms with Crippen molar-refractivity contribution in [1.82, 2.24) is 5.32 Å². The number of carbonyl (C=O) groups is 2. The Morgan fingerprint density at radius 2 is 2.00 bits per heavy atom. The Morgan fingerprint density at radius 3 is 2.56 bits per heavy atom. The summed E-state index contributed by atoms with van der Waals surface area (Å²) in [6.45, 7) is 0. The lowest BCUT2D eigenvalue weighted by molar-refractivity contribution is -0.145. The van der Waals surface area contributed by atoms with Gasteiger partial charge in [-0.1, -0.05) is 19.3 Å². The Bertz CT molecular complexity index is 425. The maximum atomic E-state index is 11.8. The minimum absolute atomic E-state index is 0.447. The molecule has 2 amide bonds. The second kappa shape index (κ2) is 5.39. The average molecular weight is 268 g/mol. The smallest absolute Gasteiger partial charge is 0.329 e. The minimum Gasteiger partial charge on any atom is -0.480 e. The van der Waals surface area contributed by atoms with Gasteiger partial charge in [0.15, 0.2) is 0 Å². The lowest BCUT2D eigenvalue weighted by atomic mass is 9.82. The summed E-state index contributed by atoms with van der Waals surface area (Å²) >= 11 is 1.47. The summed E-state index contributed by atoms with van der Waals surface area (Å²) in [4.78, 5) is 23.2.